The Bertz CT molecular complexity index is 1380. The third-order valence-electron chi connectivity index (χ3n) is 6.13. The van der Waals surface area contributed by atoms with Crippen molar-refractivity contribution in [2.24, 2.45) is 0 Å². The lowest BCUT2D eigenvalue weighted by Crippen LogP contribution is -2.39. The average Bonchev–Trinajstić information content (AvgIpc) is 3.14. The Kier molecular flexibility index (Phi) is 5.13. The third kappa shape index (κ3) is 3.51. The SMILES string of the molecule is Cc1cccc(Oc2nc3ccccc3n3c(=O)n(CC(=O)N4CCCCC4)nc23)c1C. The normalized spacial score (nSPS) is 14.2. The van der Waals surface area contributed by atoms with E-state index < -0.39 is 0 Å². The van der Waals surface area contributed by atoms with Crippen molar-refractivity contribution in [2.45, 2.75) is 39.7 Å². The van der Waals surface area contributed by atoms with E-state index in [0.29, 0.717) is 22.4 Å². The maximum absolute atomic E-state index is 13.3. The molecule has 8 nitrogen and oxygen atoms in total. The molecule has 2 aromatic heterocycles. The number of aromatic nitrogens is 4. The predicted octanol–water partition coefficient (Wildman–Crippen LogP) is 3.47. The molecule has 0 N–H and O–H groups in total. The minimum atomic E-state index is -0.380. The number of likely N-dealkylation sites (tertiary alicyclic amines) is 1. The molecule has 5 rings (SSSR count). The molecule has 0 bridgehead atoms. The number of piperidine rings is 1. The first kappa shape index (κ1) is 20.2. The summed E-state index contributed by atoms with van der Waals surface area (Å²) in [6.07, 6.45) is 3.12. The Morgan fingerprint density at radius 3 is 2.62 bits per heavy atom. The lowest BCUT2D eigenvalue weighted by atomic mass is 10.1. The van der Waals surface area contributed by atoms with Gasteiger partial charge in [0.25, 0.3) is 5.88 Å². The highest BCUT2D eigenvalue weighted by Gasteiger charge is 2.22. The number of ether oxygens (including phenoxy) is 1. The second-order valence-corrected chi connectivity index (χ2v) is 8.25. The summed E-state index contributed by atoms with van der Waals surface area (Å²) in [6, 6.07) is 13.1. The molecule has 4 aromatic rings. The molecular weight excluding hydrogens is 406 g/mol. The van der Waals surface area contributed by atoms with E-state index in [1.165, 1.54) is 9.08 Å². The number of nitrogens with zero attached hydrogens (tertiary/aromatic N) is 5. The number of amides is 1. The molecule has 0 saturated carbocycles. The van der Waals surface area contributed by atoms with Crippen LogP contribution in [0.15, 0.2) is 47.3 Å². The van der Waals surface area contributed by atoms with Gasteiger partial charge in [0.15, 0.2) is 0 Å². The van der Waals surface area contributed by atoms with E-state index in [0.717, 1.165) is 43.5 Å². The summed E-state index contributed by atoms with van der Waals surface area (Å²) < 4.78 is 8.86. The van der Waals surface area contributed by atoms with Crippen LogP contribution in [0.1, 0.15) is 30.4 Å². The third-order valence-corrected chi connectivity index (χ3v) is 6.13. The van der Waals surface area contributed by atoms with Crippen LogP contribution in [0.5, 0.6) is 11.6 Å². The van der Waals surface area contributed by atoms with Gasteiger partial charge in [-0.25, -0.2) is 18.9 Å². The van der Waals surface area contributed by atoms with Crippen LogP contribution in [0.3, 0.4) is 0 Å². The van der Waals surface area contributed by atoms with E-state index >= 15 is 0 Å². The van der Waals surface area contributed by atoms with Crippen molar-refractivity contribution >= 4 is 22.6 Å². The number of benzene rings is 2. The summed E-state index contributed by atoms with van der Waals surface area (Å²) in [4.78, 5) is 32.5. The van der Waals surface area contributed by atoms with Crippen molar-refractivity contribution in [3.63, 3.8) is 0 Å². The van der Waals surface area contributed by atoms with Crippen LogP contribution in [0, 0.1) is 13.8 Å². The first-order valence-electron chi connectivity index (χ1n) is 10.9. The Labute approximate surface area is 185 Å². The van der Waals surface area contributed by atoms with Gasteiger partial charge >= 0.3 is 5.69 Å². The molecule has 0 atom stereocenters. The van der Waals surface area contributed by atoms with Gasteiger partial charge in [0.2, 0.25) is 11.6 Å². The number of rotatable bonds is 4. The van der Waals surface area contributed by atoms with Gasteiger partial charge < -0.3 is 9.64 Å². The molecule has 1 saturated heterocycles. The Balaban J connectivity index is 1.62. The Morgan fingerprint density at radius 2 is 1.81 bits per heavy atom. The quantitative estimate of drug-likeness (QED) is 0.494. The van der Waals surface area contributed by atoms with E-state index in [-0.39, 0.29) is 24.0 Å². The van der Waals surface area contributed by atoms with E-state index in [9.17, 15) is 9.59 Å². The van der Waals surface area contributed by atoms with Gasteiger partial charge in [-0.15, -0.1) is 5.10 Å². The van der Waals surface area contributed by atoms with Gasteiger partial charge in [-0.05, 0) is 62.4 Å². The summed E-state index contributed by atoms with van der Waals surface area (Å²) in [5.74, 6) is 0.796. The van der Waals surface area contributed by atoms with E-state index in [1.807, 2.05) is 61.2 Å². The summed E-state index contributed by atoms with van der Waals surface area (Å²) >= 11 is 0. The van der Waals surface area contributed by atoms with E-state index in [1.54, 1.807) is 0 Å². The fourth-order valence-corrected chi connectivity index (χ4v) is 4.15. The molecule has 8 heteroatoms. The van der Waals surface area contributed by atoms with Gasteiger partial charge in [-0.2, -0.15) is 0 Å². The molecule has 1 aliphatic rings. The first-order valence-corrected chi connectivity index (χ1v) is 10.9. The highest BCUT2D eigenvalue weighted by molar-refractivity contribution is 5.80. The van der Waals surface area contributed by atoms with Crippen molar-refractivity contribution in [3.05, 3.63) is 64.1 Å². The molecule has 1 aliphatic heterocycles. The molecule has 0 unspecified atom stereocenters. The van der Waals surface area contributed by atoms with Gasteiger partial charge in [0.1, 0.15) is 12.3 Å². The molecular formula is C24H25N5O3. The Morgan fingerprint density at radius 1 is 1.03 bits per heavy atom. The summed E-state index contributed by atoms with van der Waals surface area (Å²) in [5, 5.41) is 4.48. The van der Waals surface area contributed by atoms with Crippen LogP contribution >= 0.6 is 0 Å². The molecule has 0 radical (unpaired) electrons. The molecule has 0 spiro atoms. The van der Waals surface area contributed by atoms with E-state index in [2.05, 4.69) is 10.1 Å². The zero-order valence-electron chi connectivity index (χ0n) is 18.2. The van der Waals surface area contributed by atoms with Gasteiger partial charge in [0.05, 0.1) is 11.0 Å². The molecule has 164 valence electrons. The van der Waals surface area contributed by atoms with Crippen molar-refractivity contribution in [3.8, 4) is 11.6 Å². The van der Waals surface area contributed by atoms with Gasteiger partial charge in [-0.1, -0.05) is 24.3 Å². The average molecular weight is 431 g/mol. The minimum absolute atomic E-state index is 0.0931. The largest absolute Gasteiger partial charge is 0.436 e. The smallest absolute Gasteiger partial charge is 0.351 e. The highest BCUT2D eigenvalue weighted by atomic mass is 16.5. The number of hydrogen-bond donors (Lipinski definition) is 0. The van der Waals surface area contributed by atoms with Crippen LogP contribution in [-0.4, -0.2) is 43.1 Å². The number of carbonyl (C=O) groups is 1. The van der Waals surface area contributed by atoms with Gasteiger partial charge in [-0.3, -0.25) is 4.79 Å². The summed E-state index contributed by atoms with van der Waals surface area (Å²) in [7, 11) is 0. The van der Waals surface area contributed by atoms with Crippen molar-refractivity contribution < 1.29 is 9.53 Å². The fraction of sp³-hybridized carbons (Fsp3) is 0.333. The molecule has 3 heterocycles. The number of fused-ring (bicyclic) bond motifs is 3. The lowest BCUT2D eigenvalue weighted by Gasteiger charge is -2.26. The number of hydrogen-bond acceptors (Lipinski definition) is 5. The number of aryl methyl sites for hydroxylation is 1. The zero-order chi connectivity index (χ0) is 22.2. The van der Waals surface area contributed by atoms with Crippen molar-refractivity contribution in [1.82, 2.24) is 24.1 Å². The minimum Gasteiger partial charge on any atom is -0.436 e. The van der Waals surface area contributed by atoms with Crippen LogP contribution in [0.25, 0.3) is 16.7 Å². The first-order chi connectivity index (χ1) is 15.5. The van der Waals surface area contributed by atoms with Crippen molar-refractivity contribution in [2.75, 3.05) is 13.1 Å². The monoisotopic (exact) mass is 431 g/mol. The van der Waals surface area contributed by atoms with Crippen LogP contribution in [0.4, 0.5) is 0 Å². The zero-order valence-corrected chi connectivity index (χ0v) is 18.2. The fourth-order valence-electron chi connectivity index (χ4n) is 4.15. The molecule has 1 fully saturated rings. The molecule has 2 aromatic carbocycles. The molecule has 1 amide bonds. The van der Waals surface area contributed by atoms with Crippen molar-refractivity contribution in [1.29, 1.82) is 0 Å². The van der Waals surface area contributed by atoms with E-state index in [4.69, 9.17) is 4.74 Å². The summed E-state index contributed by atoms with van der Waals surface area (Å²) in [6.45, 7) is 5.35. The van der Waals surface area contributed by atoms with Crippen LogP contribution in [0.2, 0.25) is 0 Å². The number of para-hydroxylation sites is 2. The van der Waals surface area contributed by atoms with Crippen LogP contribution in [-0.2, 0) is 11.3 Å². The molecule has 32 heavy (non-hydrogen) atoms. The topological polar surface area (TPSA) is 81.7 Å². The maximum Gasteiger partial charge on any atom is 0.351 e. The second kappa shape index (κ2) is 8.11. The maximum atomic E-state index is 13.3. The Hall–Kier alpha value is -3.68. The second-order valence-electron chi connectivity index (χ2n) is 8.25. The predicted molar refractivity (Wildman–Crippen MR) is 121 cm³/mol. The summed E-state index contributed by atoms with van der Waals surface area (Å²) in [5.41, 5.74) is 3.23. The molecule has 0 aliphatic carbocycles. The standard InChI is InChI=1S/C24H25N5O3/c1-16-9-8-12-20(17(16)2)32-23-22-26-28(15-21(30)27-13-6-3-7-14-27)24(31)29(22)19-11-5-4-10-18(19)25-23/h4-5,8-12H,3,6-7,13-15H2,1-2H3. The van der Waals surface area contributed by atoms with Crippen LogP contribution < -0.4 is 10.4 Å². The van der Waals surface area contributed by atoms with Gasteiger partial charge in [0, 0.05) is 13.1 Å². The highest BCUT2D eigenvalue weighted by Crippen LogP contribution is 2.29. The number of carbonyl (C=O) groups excluding carboxylic acids is 1. The lowest BCUT2D eigenvalue weighted by molar-refractivity contribution is -0.133.